The maximum atomic E-state index is 11.4. The summed E-state index contributed by atoms with van der Waals surface area (Å²) in [5, 5.41) is 16.3. The van der Waals surface area contributed by atoms with Gasteiger partial charge in [0.1, 0.15) is 0 Å². The number of carbonyl (C=O) groups is 1. The van der Waals surface area contributed by atoms with Crippen LogP contribution in [0.5, 0.6) is 0 Å². The summed E-state index contributed by atoms with van der Waals surface area (Å²) < 4.78 is 0. The Kier molecular flexibility index (Phi) is 8.61. The van der Waals surface area contributed by atoms with Gasteiger partial charge in [0.15, 0.2) is 0 Å². The van der Waals surface area contributed by atoms with Gasteiger partial charge in [-0.2, -0.15) is 5.26 Å². The second kappa shape index (κ2) is 7.96. The van der Waals surface area contributed by atoms with Crippen molar-refractivity contribution in [2.75, 3.05) is 0 Å². The van der Waals surface area contributed by atoms with E-state index in [-0.39, 0.29) is 16.7 Å². The van der Waals surface area contributed by atoms with E-state index in [1.54, 1.807) is 20.8 Å². The molecule has 0 saturated carbocycles. The first-order chi connectivity index (χ1) is 8.64. The van der Waals surface area contributed by atoms with E-state index in [4.69, 9.17) is 10.5 Å². The molecular weight excluding hydrogens is 260 g/mol. The Bertz CT molecular complexity index is 278. The average Bonchev–Trinajstić information content (AvgIpc) is 2.22. The van der Waals surface area contributed by atoms with Gasteiger partial charge in [-0.05, 0) is 38.0 Å². The van der Waals surface area contributed by atoms with Crippen molar-refractivity contribution >= 4 is 5.97 Å². The van der Waals surface area contributed by atoms with Gasteiger partial charge in [-0.1, -0.05) is 41.5 Å². The number of hydrogen-bond donors (Lipinski definition) is 2. The fourth-order valence-electron chi connectivity index (χ4n) is 1.42. The molecule has 0 saturated heterocycles. The zero-order chi connectivity index (χ0) is 16.8. The number of carbonyl (C=O) groups excluding carboxylic acids is 1. The van der Waals surface area contributed by atoms with Gasteiger partial charge >= 0.3 is 5.97 Å². The summed E-state index contributed by atoms with van der Waals surface area (Å²) in [4.78, 5) is 19.1. The Labute approximate surface area is 123 Å². The molecule has 1 unspecified atom stereocenters. The SMILES string of the molecule is CC(C)(C)CC(C(=O)OO)C(C)(C)C.CC(C)(C)OO. The molecule has 5 nitrogen and oxygen atoms in total. The van der Waals surface area contributed by atoms with Gasteiger partial charge in [0.2, 0.25) is 0 Å². The van der Waals surface area contributed by atoms with Crippen LogP contribution in [0.4, 0.5) is 0 Å². The third-order valence-electron chi connectivity index (χ3n) is 2.51. The molecule has 20 heavy (non-hydrogen) atoms. The van der Waals surface area contributed by atoms with Gasteiger partial charge in [0, 0.05) is 0 Å². The summed E-state index contributed by atoms with van der Waals surface area (Å²) >= 11 is 0. The fraction of sp³-hybridized carbons (Fsp3) is 0.933. The predicted octanol–water partition coefficient (Wildman–Crippen LogP) is 4.38. The van der Waals surface area contributed by atoms with Crippen LogP contribution in [0.15, 0.2) is 0 Å². The van der Waals surface area contributed by atoms with E-state index in [2.05, 4.69) is 30.5 Å². The van der Waals surface area contributed by atoms with Crippen molar-refractivity contribution in [3.8, 4) is 0 Å². The van der Waals surface area contributed by atoms with Crippen LogP contribution >= 0.6 is 0 Å². The van der Waals surface area contributed by atoms with Crippen molar-refractivity contribution in [3.05, 3.63) is 0 Å². The van der Waals surface area contributed by atoms with E-state index in [1.807, 2.05) is 20.8 Å². The number of hydrogen-bond acceptors (Lipinski definition) is 5. The van der Waals surface area contributed by atoms with Crippen LogP contribution in [-0.4, -0.2) is 22.1 Å². The molecule has 0 amide bonds. The highest BCUT2D eigenvalue weighted by molar-refractivity contribution is 5.72. The molecule has 0 aliphatic heterocycles. The molecule has 0 heterocycles. The van der Waals surface area contributed by atoms with E-state index in [0.717, 1.165) is 0 Å². The maximum absolute atomic E-state index is 11.4. The maximum Gasteiger partial charge on any atom is 0.345 e. The minimum Gasteiger partial charge on any atom is -0.301 e. The van der Waals surface area contributed by atoms with Crippen LogP contribution in [0.25, 0.3) is 0 Å². The lowest BCUT2D eigenvalue weighted by atomic mass is 9.72. The monoisotopic (exact) mass is 292 g/mol. The predicted molar refractivity (Wildman–Crippen MR) is 79.2 cm³/mol. The van der Waals surface area contributed by atoms with Crippen LogP contribution in [0.1, 0.15) is 68.7 Å². The molecule has 0 fully saturated rings. The van der Waals surface area contributed by atoms with Crippen LogP contribution < -0.4 is 0 Å². The molecule has 122 valence electrons. The largest absolute Gasteiger partial charge is 0.345 e. The first kappa shape index (κ1) is 21.6. The summed E-state index contributed by atoms with van der Waals surface area (Å²) in [7, 11) is 0. The molecule has 5 heteroatoms. The quantitative estimate of drug-likeness (QED) is 0.583. The zero-order valence-electron chi connectivity index (χ0n) is 14.4. The zero-order valence-corrected chi connectivity index (χ0v) is 14.4. The molecule has 0 aliphatic rings. The van der Waals surface area contributed by atoms with E-state index in [1.165, 1.54) is 0 Å². The normalized spacial score (nSPS) is 14.2. The van der Waals surface area contributed by atoms with E-state index < -0.39 is 11.6 Å². The average molecular weight is 292 g/mol. The van der Waals surface area contributed by atoms with Crippen molar-refractivity contribution in [1.82, 2.24) is 0 Å². The van der Waals surface area contributed by atoms with Crippen molar-refractivity contribution in [2.24, 2.45) is 16.7 Å². The molecule has 0 rings (SSSR count). The highest BCUT2D eigenvalue weighted by Gasteiger charge is 2.36. The smallest absolute Gasteiger partial charge is 0.301 e. The van der Waals surface area contributed by atoms with E-state index in [0.29, 0.717) is 6.42 Å². The van der Waals surface area contributed by atoms with Gasteiger partial charge in [-0.3, -0.25) is 5.26 Å². The third-order valence-corrected chi connectivity index (χ3v) is 2.51. The van der Waals surface area contributed by atoms with E-state index >= 15 is 0 Å². The molecule has 0 spiro atoms. The van der Waals surface area contributed by atoms with Crippen molar-refractivity contribution in [1.29, 1.82) is 0 Å². The molecule has 0 bridgehead atoms. The Morgan fingerprint density at radius 1 is 0.950 bits per heavy atom. The highest BCUT2D eigenvalue weighted by Crippen LogP contribution is 2.36. The molecule has 0 aliphatic carbocycles. The topological polar surface area (TPSA) is 76.0 Å². The fourth-order valence-corrected chi connectivity index (χ4v) is 1.42. The highest BCUT2D eigenvalue weighted by atomic mass is 17.1. The third kappa shape index (κ3) is 12.4. The number of rotatable bonds is 2. The van der Waals surface area contributed by atoms with Crippen molar-refractivity contribution in [3.63, 3.8) is 0 Å². The second-order valence-electron chi connectivity index (χ2n) is 8.30. The summed E-state index contributed by atoms with van der Waals surface area (Å²) in [6.07, 6.45) is 0.704. The Morgan fingerprint density at radius 2 is 1.30 bits per heavy atom. The van der Waals surface area contributed by atoms with Crippen LogP contribution in [0, 0.1) is 16.7 Å². The lowest BCUT2D eigenvalue weighted by molar-refractivity contribution is -0.306. The molecule has 0 aromatic carbocycles. The van der Waals surface area contributed by atoms with Crippen LogP contribution in [0.2, 0.25) is 0 Å². The van der Waals surface area contributed by atoms with Crippen molar-refractivity contribution in [2.45, 2.75) is 74.3 Å². The molecule has 1 atom stereocenters. The molecule has 0 radical (unpaired) electrons. The Morgan fingerprint density at radius 3 is 1.45 bits per heavy atom. The molecule has 2 N–H and O–H groups in total. The summed E-state index contributed by atoms with van der Waals surface area (Å²) in [6, 6.07) is 0. The Hall–Kier alpha value is -0.650. The minimum absolute atomic E-state index is 0.0478. The molecular formula is C15H32O5. The minimum atomic E-state index is -0.535. The van der Waals surface area contributed by atoms with Gasteiger partial charge in [-0.15, -0.1) is 0 Å². The first-order valence-corrected chi connectivity index (χ1v) is 6.82. The van der Waals surface area contributed by atoms with E-state index in [9.17, 15) is 4.79 Å². The first-order valence-electron chi connectivity index (χ1n) is 6.82. The Balaban J connectivity index is 0. The summed E-state index contributed by atoms with van der Waals surface area (Å²) in [6.45, 7) is 17.4. The molecule has 0 aromatic rings. The van der Waals surface area contributed by atoms with Gasteiger partial charge in [-0.25, -0.2) is 9.68 Å². The molecule has 0 aromatic heterocycles. The lowest BCUT2D eigenvalue weighted by Crippen LogP contribution is -2.33. The summed E-state index contributed by atoms with van der Waals surface area (Å²) in [5.74, 6) is -0.806. The van der Waals surface area contributed by atoms with Crippen LogP contribution in [-0.2, 0) is 14.6 Å². The van der Waals surface area contributed by atoms with Crippen molar-refractivity contribution < 1.29 is 25.1 Å². The van der Waals surface area contributed by atoms with Gasteiger partial charge in [0.25, 0.3) is 0 Å². The van der Waals surface area contributed by atoms with Crippen LogP contribution in [0.3, 0.4) is 0 Å². The van der Waals surface area contributed by atoms with Gasteiger partial charge < -0.3 is 4.89 Å². The lowest BCUT2D eigenvalue weighted by Gasteiger charge is -2.32. The standard InChI is InChI=1S/C11H22O3.C4H10O2/c1-10(2,3)7-8(9(12)14-13)11(4,5)6;1-4(2,3)6-5/h8,13H,7H2,1-6H3;5H,1-3H3. The summed E-state index contributed by atoms with van der Waals surface area (Å²) in [5.41, 5.74) is -0.542. The second-order valence-corrected chi connectivity index (χ2v) is 8.30. The van der Waals surface area contributed by atoms with Gasteiger partial charge in [0.05, 0.1) is 11.5 Å².